The van der Waals surface area contributed by atoms with Crippen LogP contribution in [0, 0.1) is 10.1 Å². The molecule has 1 aliphatic heterocycles. The molecule has 1 saturated heterocycles. The normalized spacial score (nSPS) is 15.6. The van der Waals surface area contributed by atoms with Crippen LogP contribution in [0.3, 0.4) is 0 Å². The summed E-state index contributed by atoms with van der Waals surface area (Å²) in [6.45, 7) is 0.186. The zero-order chi connectivity index (χ0) is 26.3. The number of nitro benzene ring substituents is 1. The van der Waals surface area contributed by atoms with Gasteiger partial charge >= 0.3 is 0 Å². The smallest absolute Gasteiger partial charge is 0.269 e. The van der Waals surface area contributed by atoms with Crippen molar-refractivity contribution >= 4 is 40.8 Å². The van der Waals surface area contributed by atoms with Crippen molar-refractivity contribution < 1.29 is 18.9 Å². The topological polar surface area (TPSA) is 111 Å². The summed E-state index contributed by atoms with van der Waals surface area (Å²) in [4.78, 5) is 25.6. The quantitative estimate of drug-likeness (QED) is 0.113. The fraction of sp³-hybridized carbons (Fsp3) is 0.0357. The average Bonchev–Trinajstić information content (AvgIpc) is 3.54. The lowest BCUT2D eigenvalue weighted by atomic mass is 10.2. The van der Waals surface area contributed by atoms with Crippen LogP contribution in [0.5, 0.6) is 11.5 Å². The minimum Gasteiger partial charge on any atom is -0.467 e. The third-order valence-corrected chi connectivity index (χ3v) is 6.37. The van der Waals surface area contributed by atoms with Crippen LogP contribution in [-0.4, -0.2) is 27.1 Å². The van der Waals surface area contributed by atoms with Gasteiger partial charge in [-0.3, -0.25) is 19.8 Å². The molecule has 0 unspecified atom stereocenters. The Morgan fingerprint density at radius 1 is 0.947 bits per heavy atom. The summed E-state index contributed by atoms with van der Waals surface area (Å²) in [5.74, 6) is 1.71. The zero-order valence-corrected chi connectivity index (χ0v) is 20.7. The van der Waals surface area contributed by atoms with Crippen LogP contribution in [0.1, 0.15) is 16.9 Å². The Hall–Kier alpha value is -4.96. The Morgan fingerprint density at radius 2 is 1.74 bits per heavy atom. The Morgan fingerprint density at radius 3 is 2.47 bits per heavy atom. The number of carbonyl (C=O) groups is 1. The Bertz CT molecular complexity index is 1530. The Labute approximate surface area is 221 Å². The lowest BCUT2D eigenvalue weighted by molar-refractivity contribution is -0.384. The fourth-order valence-electron chi connectivity index (χ4n) is 3.55. The summed E-state index contributed by atoms with van der Waals surface area (Å²) in [5.41, 5.74) is 1.41. The molecule has 188 valence electrons. The van der Waals surface area contributed by atoms with Crippen LogP contribution in [0.15, 0.2) is 117 Å². The van der Waals surface area contributed by atoms with Crippen molar-refractivity contribution in [1.82, 2.24) is 4.90 Å². The van der Waals surface area contributed by atoms with E-state index in [2.05, 4.69) is 10.2 Å². The number of benzene rings is 3. The number of amidine groups is 1. The van der Waals surface area contributed by atoms with Crippen LogP contribution >= 0.6 is 11.8 Å². The first-order valence-corrected chi connectivity index (χ1v) is 12.3. The fourth-order valence-corrected chi connectivity index (χ4v) is 4.49. The number of rotatable bonds is 8. The summed E-state index contributed by atoms with van der Waals surface area (Å²) in [6, 6.07) is 26.4. The van der Waals surface area contributed by atoms with Crippen LogP contribution in [0.2, 0.25) is 0 Å². The largest absolute Gasteiger partial charge is 0.467 e. The van der Waals surface area contributed by atoms with Gasteiger partial charge in [-0.25, -0.2) is 0 Å². The number of furan rings is 1. The summed E-state index contributed by atoms with van der Waals surface area (Å²) in [6.07, 6.45) is 4.79. The van der Waals surface area contributed by atoms with Crippen molar-refractivity contribution in [1.29, 1.82) is 0 Å². The second kappa shape index (κ2) is 11.4. The zero-order valence-electron chi connectivity index (χ0n) is 19.8. The van der Waals surface area contributed by atoms with Gasteiger partial charge in [0.05, 0.1) is 28.9 Å². The molecule has 1 fully saturated rings. The number of hydrogen-bond acceptors (Lipinski definition) is 8. The molecule has 1 aromatic heterocycles. The Kier molecular flexibility index (Phi) is 7.42. The standard InChI is InChI=1S/C28H20N4O5S/c33-27-26(17-20-11-13-22(14-12-20)32(34)35)38-28(31(27)19-25-10-5-15-36-25)30-29-18-21-6-4-9-24(16-21)37-23-7-2-1-3-8-23/h1-18H,19H2/b26-17-,29-18+,30-28-. The Balaban J connectivity index is 1.37. The molecular weight excluding hydrogens is 504 g/mol. The van der Waals surface area contributed by atoms with Crippen molar-refractivity contribution in [3.8, 4) is 11.5 Å². The second-order valence-corrected chi connectivity index (χ2v) is 9.05. The summed E-state index contributed by atoms with van der Waals surface area (Å²) < 4.78 is 11.3. The van der Waals surface area contributed by atoms with Gasteiger partial charge in [0, 0.05) is 12.1 Å². The van der Waals surface area contributed by atoms with E-state index in [9.17, 15) is 14.9 Å². The lowest BCUT2D eigenvalue weighted by Gasteiger charge is -2.12. The first-order chi connectivity index (χ1) is 18.5. The number of hydrogen-bond donors (Lipinski definition) is 0. The molecule has 0 N–H and O–H groups in total. The number of para-hydroxylation sites is 1. The predicted octanol–water partition coefficient (Wildman–Crippen LogP) is 6.49. The average molecular weight is 525 g/mol. The highest BCUT2D eigenvalue weighted by molar-refractivity contribution is 8.18. The number of carbonyl (C=O) groups excluding carboxylic acids is 1. The number of non-ortho nitro benzene ring substituents is 1. The number of ether oxygens (including phenoxy) is 1. The highest BCUT2D eigenvalue weighted by atomic mass is 32.2. The molecule has 0 saturated carbocycles. The molecule has 0 radical (unpaired) electrons. The molecule has 0 aliphatic carbocycles. The maximum atomic E-state index is 13.2. The molecular formula is C28H20N4O5S. The monoisotopic (exact) mass is 524 g/mol. The maximum Gasteiger partial charge on any atom is 0.269 e. The van der Waals surface area contributed by atoms with E-state index in [4.69, 9.17) is 9.15 Å². The SMILES string of the molecule is O=C1/C(=C/c2ccc([N+](=O)[O-])cc2)S/C(=N\N=C\c2cccc(Oc3ccccc3)c2)N1Cc1ccco1. The van der Waals surface area contributed by atoms with Gasteiger partial charge in [0.15, 0.2) is 5.17 Å². The van der Waals surface area contributed by atoms with E-state index in [1.54, 1.807) is 36.6 Å². The number of nitro groups is 1. The first kappa shape index (κ1) is 24.7. The summed E-state index contributed by atoms with van der Waals surface area (Å²) in [7, 11) is 0. The number of amides is 1. The van der Waals surface area contributed by atoms with Gasteiger partial charge in [-0.2, -0.15) is 5.10 Å². The third kappa shape index (κ3) is 6.05. The maximum absolute atomic E-state index is 13.2. The third-order valence-electron chi connectivity index (χ3n) is 5.37. The van der Waals surface area contributed by atoms with Gasteiger partial charge in [-0.1, -0.05) is 30.3 Å². The van der Waals surface area contributed by atoms with Crippen molar-refractivity contribution in [2.24, 2.45) is 10.2 Å². The number of nitrogens with zero attached hydrogens (tertiary/aromatic N) is 4. The van der Waals surface area contributed by atoms with E-state index >= 15 is 0 Å². The van der Waals surface area contributed by atoms with Gasteiger partial charge < -0.3 is 9.15 Å². The van der Waals surface area contributed by atoms with Gasteiger partial charge in [-0.15, -0.1) is 5.10 Å². The van der Waals surface area contributed by atoms with Crippen LogP contribution in [0.25, 0.3) is 6.08 Å². The van der Waals surface area contributed by atoms with E-state index in [0.717, 1.165) is 11.3 Å². The molecule has 0 bridgehead atoms. The van der Waals surface area contributed by atoms with Crippen molar-refractivity contribution in [3.63, 3.8) is 0 Å². The van der Waals surface area contributed by atoms with E-state index in [1.165, 1.54) is 35.1 Å². The molecule has 1 aliphatic rings. The van der Waals surface area contributed by atoms with Crippen LogP contribution in [-0.2, 0) is 11.3 Å². The summed E-state index contributed by atoms with van der Waals surface area (Å²) in [5, 5.41) is 19.8. The van der Waals surface area contributed by atoms with Gasteiger partial charge in [-0.05, 0) is 77.5 Å². The van der Waals surface area contributed by atoms with Gasteiger partial charge in [0.2, 0.25) is 0 Å². The van der Waals surface area contributed by atoms with Gasteiger partial charge in [0.1, 0.15) is 17.3 Å². The molecule has 0 atom stereocenters. The highest BCUT2D eigenvalue weighted by Gasteiger charge is 2.34. The highest BCUT2D eigenvalue weighted by Crippen LogP contribution is 2.34. The van der Waals surface area contributed by atoms with Gasteiger partial charge in [0.25, 0.3) is 11.6 Å². The molecule has 3 aromatic carbocycles. The molecule has 1 amide bonds. The molecule has 9 nitrogen and oxygen atoms in total. The molecule has 2 heterocycles. The minimum atomic E-state index is -0.469. The summed E-state index contributed by atoms with van der Waals surface area (Å²) >= 11 is 1.17. The molecule has 10 heteroatoms. The molecule has 0 spiro atoms. The van der Waals surface area contributed by atoms with Crippen LogP contribution in [0.4, 0.5) is 5.69 Å². The van der Waals surface area contributed by atoms with Crippen molar-refractivity contribution in [3.05, 3.63) is 129 Å². The predicted molar refractivity (Wildman–Crippen MR) is 146 cm³/mol. The minimum absolute atomic E-state index is 0.0215. The lowest BCUT2D eigenvalue weighted by Crippen LogP contribution is -2.28. The molecule has 5 rings (SSSR count). The van der Waals surface area contributed by atoms with E-state index < -0.39 is 4.92 Å². The van der Waals surface area contributed by atoms with E-state index in [-0.39, 0.29) is 18.1 Å². The van der Waals surface area contributed by atoms with E-state index in [0.29, 0.717) is 27.1 Å². The van der Waals surface area contributed by atoms with Crippen molar-refractivity contribution in [2.45, 2.75) is 6.54 Å². The van der Waals surface area contributed by atoms with E-state index in [1.807, 2.05) is 54.6 Å². The molecule has 38 heavy (non-hydrogen) atoms. The first-order valence-electron chi connectivity index (χ1n) is 11.5. The van der Waals surface area contributed by atoms with Crippen molar-refractivity contribution in [2.75, 3.05) is 0 Å². The second-order valence-electron chi connectivity index (χ2n) is 8.04. The number of thioether (sulfide) groups is 1. The molecule has 4 aromatic rings. The van der Waals surface area contributed by atoms with Crippen LogP contribution < -0.4 is 4.74 Å².